The second kappa shape index (κ2) is 6.95. The molecule has 1 rings (SSSR count). The van der Waals surface area contributed by atoms with Gasteiger partial charge in [-0.05, 0) is 6.42 Å². The molecule has 0 saturated heterocycles. The Morgan fingerprint density at radius 3 is 3.06 bits per heavy atom. The van der Waals surface area contributed by atoms with Gasteiger partial charge in [0.15, 0.2) is 5.16 Å². The van der Waals surface area contributed by atoms with Crippen molar-refractivity contribution in [3.05, 3.63) is 16.4 Å². The summed E-state index contributed by atoms with van der Waals surface area (Å²) in [4.78, 5) is 28.9. The molecule has 0 aliphatic heterocycles. The maximum absolute atomic E-state index is 11.4. The molecule has 1 aromatic heterocycles. The third-order valence-corrected chi connectivity index (χ3v) is 2.81. The number of aromatic amines is 1. The molecule has 0 aliphatic rings. The predicted molar refractivity (Wildman–Crippen MR) is 67.9 cm³/mol. The van der Waals surface area contributed by atoms with Crippen molar-refractivity contribution in [3.8, 4) is 0 Å². The lowest BCUT2D eigenvalue weighted by Gasteiger charge is -2.03. The minimum Gasteiger partial charge on any atom is -0.383 e. The Kier molecular flexibility index (Phi) is 5.55. The number of anilines is 1. The minimum absolute atomic E-state index is 0.0754. The highest BCUT2D eigenvalue weighted by atomic mass is 32.2. The summed E-state index contributed by atoms with van der Waals surface area (Å²) in [6, 6.07) is 1.20. The number of hydrogen-bond donors (Lipinski definition) is 3. The number of carbonyl (C=O) groups excluding carboxylic acids is 1. The zero-order chi connectivity index (χ0) is 12.7. The average Bonchev–Trinajstić information content (AvgIpc) is 2.25. The van der Waals surface area contributed by atoms with Crippen LogP contribution >= 0.6 is 11.8 Å². The number of unbranched alkanes of at least 4 members (excludes halogenated alkanes) is 1. The maximum atomic E-state index is 11.4. The molecule has 0 aromatic carbocycles. The van der Waals surface area contributed by atoms with Crippen molar-refractivity contribution in [1.29, 1.82) is 0 Å². The third kappa shape index (κ3) is 5.39. The zero-order valence-electron chi connectivity index (χ0n) is 9.66. The Hall–Kier alpha value is -1.50. The van der Waals surface area contributed by atoms with Crippen molar-refractivity contribution < 1.29 is 4.79 Å². The number of carbonyl (C=O) groups is 1. The first kappa shape index (κ1) is 13.6. The van der Waals surface area contributed by atoms with Crippen molar-refractivity contribution in [2.24, 2.45) is 0 Å². The first-order chi connectivity index (χ1) is 8.11. The van der Waals surface area contributed by atoms with Gasteiger partial charge >= 0.3 is 0 Å². The summed E-state index contributed by atoms with van der Waals surface area (Å²) in [7, 11) is 0. The van der Waals surface area contributed by atoms with Gasteiger partial charge in [0.25, 0.3) is 5.56 Å². The van der Waals surface area contributed by atoms with Crippen molar-refractivity contribution in [2.45, 2.75) is 24.9 Å². The van der Waals surface area contributed by atoms with Crippen LogP contribution in [0, 0.1) is 0 Å². The molecule has 1 heterocycles. The summed E-state index contributed by atoms with van der Waals surface area (Å²) in [6.45, 7) is 2.74. The van der Waals surface area contributed by atoms with Crippen LogP contribution < -0.4 is 16.6 Å². The van der Waals surface area contributed by atoms with Gasteiger partial charge < -0.3 is 16.0 Å². The van der Waals surface area contributed by atoms with E-state index in [0.29, 0.717) is 11.7 Å². The van der Waals surface area contributed by atoms with E-state index in [1.807, 2.05) is 0 Å². The maximum Gasteiger partial charge on any atom is 0.253 e. The van der Waals surface area contributed by atoms with Crippen molar-refractivity contribution in [1.82, 2.24) is 15.3 Å². The lowest BCUT2D eigenvalue weighted by Crippen LogP contribution is -2.26. The van der Waals surface area contributed by atoms with Gasteiger partial charge in [-0.2, -0.15) is 0 Å². The van der Waals surface area contributed by atoms with E-state index in [0.717, 1.165) is 24.6 Å². The third-order valence-electron chi connectivity index (χ3n) is 1.93. The second-order valence-electron chi connectivity index (χ2n) is 3.47. The van der Waals surface area contributed by atoms with Gasteiger partial charge in [0, 0.05) is 12.6 Å². The lowest BCUT2D eigenvalue weighted by molar-refractivity contribution is -0.118. The van der Waals surface area contributed by atoms with Gasteiger partial charge in [-0.1, -0.05) is 25.1 Å². The Morgan fingerprint density at radius 2 is 2.41 bits per heavy atom. The second-order valence-corrected chi connectivity index (χ2v) is 4.43. The summed E-state index contributed by atoms with van der Waals surface area (Å²) in [5.74, 6) is 0.298. The van der Waals surface area contributed by atoms with Gasteiger partial charge in [0.2, 0.25) is 5.91 Å². The fourth-order valence-corrected chi connectivity index (χ4v) is 1.82. The molecule has 0 atom stereocenters. The van der Waals surface area contributed by atoms with Crippen LogP contribution in [-0.2, 0) is 4.79 Å². The summed E-state index contributed by atoms with van der Waals surface area (Å²) in [5, 5.41) is 3.13. The van der Waals surface area contributed by atoms with E-state index in [4.69, 9.17) is 5.73 Å². The van der Waals surface area contributed by atoms with Gasteiger partial charge in [-0.25, -0.2) is 4.98 Å². The molecular weight excluding hydrogens is 240 g/mol. The van der Waals surface area contributed by atoms with Crippen molar-refractivity contribution in [3.63, 3.8) is 0 Å². The first-order valence-electron chi connectivity index (χ1n) is 5.38. The largest absolute Gasteiger partial charge is 0.383 e. The number of nitrogens with one attached hydrogen (secondary N) is 2. The monoisotopic (exact) mass is 256 g/mol. The normalized spacial score (nSPS) is 10.2. The van der Waals surface area contributed by atoms with E-state index >= 15 is 0 Å². The number of thioether (sulfide) groups is 1. The molecule has 1 aromatic rings. The van der Waals surface area contributed by atoms with Crippen LogP contribution in [0.5, 0.6) is 0 Å². The molecule has 0 aliphatic carbocycles. The topological polar surface area (TPSA) is 101 Å². The Labute approximate surface area is 103 Å². The van der Waals surface area contributed by atoms with Crippen LogP contribution in [0.4, 0.5) is 5.82 Å². The Morgan fingerprint density at radius 1 is 1.65 bits per heavy atom. The van der Waals surface area contributed by atoms with Crippen molar-refractivity contribution in [2.75, 3.05) is 18.0 Å². The standard InChI is InChI=1S/C10H16N4O2S/c1-2-3-4-12-9(16)6-17-10-13-7(11)5-8(15)14-10/h5H,2-4,6H2,1H3,(H,12,16)(H3,11,13,14,15). The molecule has 0 spiro atoms. The van der Waals surface area contributed by atoms with Gasteiger partial charge in [-0.15, -0.1) is 0 Å². The molecule has 0 radical (unpaired) electrons. The van der Waals surface area contributed by atoms with Crippen LogP contribution in [0.2, 0.25) is 0 Å². The van der Waals surface area contributed by atoms with Crippen LogP contribution in [0.3, 0.4) is 0 Å². The number of amides is 1. The molecule has 1 amide bonds. The van der Waals surface area contributed by atoms with Crippen LogP contribution in [-0.4, -0.2) is 28.2 Å². The molecule has 17 heavy (non-hydrogen) atoms. The van der Waals surface area contributed by atoms with Gasteiger partial charge in [-0.3, -0.25) is 9.59 Å². The summed E-state index contributed by atoms with van der Waals surface area (Å²) >= 11 is 1.16. The lowest BCUT2D eigenvalue weighted by atomic mass is 10.3. The number of rotatable bonds is 6. The SMILES string of the molecule is CCCCNC(=O)CSc1nc(N)cc(=O)[nH]1. The predicted octanol–water partition coefficient (Wildman–Crippen LogP) is 0.360. The number of nitrogen functional groups attached to an aromatic ring is 1. The van der Waals surface area contributed by atoms with E-state index in [-0.39, 0.29) is 23.0 Å². The molecular formula is C10H16N4O2S. The molecule has 6 nitrogen and oxygen atoms in total. The number of H-pyrrole nitrogens is 1. The number of nitrogens with zero attached hydrogens (tertiary/aromatic N) is 1. The zero-order valence-corrected chi connectivity index (χ0v) is 10.5. The summed E-state index contributed by atoms with van der Waals surface area (Å²) in [6.07, 6.45) is 2.00. The fraction of sp³-hybridized carbons (Fsp3) is 0.500. The minimum atomic E-state index is -0.314. The average molecular weight is 256 g/mol. The smallest absolute Gasteiger partial charge is 0.253 e. The van der Waals surface area contributed by atoms with E-state index < -0.39 is 0 Å². The summed E-state index contributed by atoms with van der Waals surface area (Å²) in [5.41, 5.74) is 5.11. The highest BCUT2D eigenvalue weighted by molar-refractivity contribution is 7.99. The van der Waals surface area contributed by atoms with E-state index in [1.165, 1.54) is 6.07 Å². The highest BCUT2D eigenvalue weighted by Gasteiger charge is 2.04. The fourth-order valence-electron chi connectivity index (χ4n) is 1.11. The Balaban J connectivity index is 2.39. The summed E-state index contributed by atoms with van der Waals surface area (Å²) < 4.78 is 0. The van der Waals surface area contributed by atoms with Gasteiger partial charge in [0.05, 0.1) is 5.75 Å². The molecule has 0 unspecified atom stereocenters. The van der Waals surface area contributed by atoms with E-state index in [2.05, 4.69) is 22.2 Å². The number of nitrogens with two attached hydrogens (primary N) is 1. The number of hydrogen-bond acceptors (Lipinski definition) is 5. The van der Waals surface area contributed by atoms with Crippen LogP contribution in [0.1, 0.15) is 19.8 Å². The molecule has 94 valence electrons. The molecule has 4 N–H and O–H groups in total. The molecule has 0 bridgehead atoms. The molecule has 0 saturated carbocycles. The molecule has 0 fully saturated rings. The van der Waals surface area contributed by atoms with E-state index in [1.54, 1.807) is 0 Å². The number of aromatic nitrogens is 2. The Bertz CT molecular complexity index is 433. The van der Waals surface area contributed by atoms with Crippen LogP contribution in [0.15, 0.2) is 16.0 Å². The van der Waals surface area contributed by atoms with Gasteiger partial charge in [0.1, 0.15) is 5.82 Å². The highest BCUT2D eigenvalue weighted by Crippen LogP contribution is 2.10. The quantitative estimate of drug-likeness (QED) is 0.387. The van der Waals surface area contributed by atoms with Crippen LogP contribution in [0.25, 0.3) is 0 Å². The first-order valence-corrected chi connectivity index (χ1v) is 6.36. The molecule has 7 heteroatoms. The van der Waals surface area contributed by atoms with E-state index in [9.17, 15) is 9.59 Å². The van der Waals surface area contributed by atoms with Crippen molar-refractivity contribution >= 4 is 23.5 Å².